The van der Waals surface area contributed by atoms with E-state index in [0.717, 1.165) is 27.5 Å². The van der Waals surface area contributed by atoms with Crippen LogP contribution >= 0.6 is 35.4 Å². The number of aromatic nitrogens is 3. The lowest BCUT2D eigenvalue weighted by atomic mass is 10.1. The second-order valence-electron chi connectivity index (χ2n) is 8.82. The first-order valence-corrected chi connectivity index (χ1v) is 13.1. The van der Waals surface area contributed by atoms with Gasteiger partial charge in [0.1, 0.15) is 16.8 Å². The van der Waals surface area contributed by atoms with Crippen molar-refractivity contribution < 1.29 is 9.21 Å². The van der Waals surface area contributed by atoms with Crippen LogP contribution in [0.5, 0.6) is 0 Å². The Morgan fingerprint density at radius 2 is 1.67 bits per heavy atom. The lowest BCUT2D eigenvalue weighted by molar-refractivity contribution is 0.0951. The minimum Gasteiger partial charge on any atom is -0.451 e. The van der Waals surface area contributed by atoms with E-state index in [9.17, 15) is 4.79 Å². The zero-order valence-corrected chi connectivity index (χ0v) is 22.7. The van der Waals surface area contributed by atoms with Gasteiger partial charge in [0.05, 0.1) is 15.7 Å². The Labute approximate surface area is 238 Å². The number of aryl methyl sites for hydroxylation is 1. The van der Waals surface area contributed by atoms with Gasteiger partial charge in [-0.1, -0.05) is 65.7 Å². The van der Waals surface area contributed by atoms with E-state index >= 15 is 0 Å². The van der Waals surface area contributed by atoms with Crippen LogP contribution in [0.1, 0.15) is 16.1 Å². The van der Waals surface area contributed by atoms with Gasteiger partial charge >= 0.3 is 0 Å². The van der Waals surface area contributed by atoms with Crippen molar-refractivity contribution in [3.63, 3.8) is 0 Å². The number of hydrogen-bond acceptors (Lipinski definition) is 5. The topological polar surface area (TPSA) is 85.0 Å². The Balaban J connectivity index is 1.20. The number of anilines is 1. The minimum atomic E-state index is -0.502. The summed E-state index contributed by atoms with van der Waals surface area (Å²) in [4.78, 5) is 14.4. The van der Waals surface area contributed by atoms with Crippen LogP contribution < -0.4 is 10.6 Å². The zero-order valence-electron chi connectivity index (χ0n) is 20.4. The van der Waals surface area contributed by atoms with E-state index in [-0.39, 0.29) is 10.9 Å². The molecule has 6 aromatic rings. The highest BCUT2D eigenvalue weighted by molar-refractivity contribution is 7.80. The lowest BCUT2D eigenvalue weighted by Crippen LogP contribution is -2.34. The van der Waals surface area contributed by atoms with Gasteiger partial charge in [0.2, 0.25) is 0 Å². The molecule has 0 atom stereocenters. The highest BCUT2D eigenvalue weighted by Crippen LogP contribution is 2.34. The van der Waals surface area contributed by atoms with Crippen molar-refractivity contribution >= 4 is 73.9 Å². The fourth-order valence-electron chi connectivity index (χ4n) is 4.31. The molecule has 39 heavy (non-hydrogen) atoms. The van der Waals surface area contributed by atoms with Crippen molar-refractivity contribution in [2.24, 2.45) is 0 Å². The molecule has 1 amide bonds. The molecule has 0 spiro atoms. The van der Waals surface area contributed by atoms with E-state index in [1.165, 1.54) is 0 Å². The van der Waals surface area contributed by atoms with E-state index in [4.69, 9.17) is 44.9 Å². The first kappa shape index (κ1) is 25.1. The van der Waals surface area contributed by atoms with Gasteiger partial charge in [-0.3, -0.25) is 10.1 Å². The quantitative estimate of drug-likeness (QED) is 0.212. The van der Waals surface area contributed by atoms with E-state index in [2.05, 4.69) is 27.9 Å². The van der Waals surface area contributed by atoms with Crippen LogP contribution in [0.2, 0.25) is 10.0 Å². The molecule has 0 aliphatic rings. The predicted octanol–water partition coefficient (Wildman–Crippen LogP) is 7.58. The monoisotopic (exact) mass is 571 g/mol. The molecule has 2 aromatic heterocycles. The molecule has 0 saturated carbocycles. The van der Waals surface area contributed by atoms with E-state index < -0.39 is 5.91 Å². The summed E-state index contributed by atoms with van der Waals surface area (Å²) in [6, 6.07) is 26.3. The van der Waals surface area contributed by atoms with Crippen molar-refractivity contribution in [3.8, 4) is 17.0 Å². The molecule has 192 valence electrons. The number of rotatable bonds is 4. The van der Waals surface area contributed by atoms with Gasteiger partial charge < -0.3 is 9.73 Å². The summed E-state index contributed by atoms with van der Waals surface area (Å²) >= 11 is 17.8. The van der Waals surface area contributed by atoms with E-state index in [0.29, 0.717) is 32.6 Å². The third-order valence-corrected chi connectivity index (χ3v) is 7.25. The fourth-order valence-corrected chi connectivity index (χ4v) is 4.91. The molecule has 10 heteroatoms. The second-order valence-corrected chi connectivity index (χ2v) is 10.0. The largest absolute Gasteiger partial charge is 0.451 e. The van der Waals surface area contributed by atoms with Crippen molar-refractivity contribution in [2.75, 3.05) is 5.32 Å². The molecule has 0 unspecified atom stereocenters. The number of halogens is 2. The van der Waals surface area contributed by atoms with Gasteiger partial charge in [-0.15, -0.1) is 15.0 Å². The third-order valence-electron chi connectivity index (χ3n) is 6.23. The molecular formula is C29H19Cl2N5O2S. The molecular weight excluding hydrogens is 553 g/mol. The number of thiocarbonyl (C=S) groups is 1. The molecule has 0 aliphatic carbocycles. The van der Waals surface area contributed by atoms with Crippen molar-refractivity contribution in [1.29, 1.82) is 0 Å². The first-order chi connectivity index (χ1) is 18.9. The van der Waals surface area contributed by atoms with Gasteiger partial charge in [-0.05, 0) is 72.6 Å². The number of carbonyl (C=O) groups excluding carboxylic acids is 1. The molecule has 0 fully saturated rings. The number of amides is 1. The molecule has 7 nitrogen and oxygen atoms in total. The minimum absolute atomic E-state index is 0.0791. The van der Waals surface area contributed by atoms with E-state index in [1.54, 1.807) is 35.1 Å². The average molecular weight is 572 g/mol. The van der Waals surface area contributed by atoms with Crippen LogP contribution in [0.3, 0.4) is 0 Å². The Hall–Kier alpha value is -4.24. The van der Waals surface area contributed by atoms with Gasteiger partial charge in [-0.2, -0.15) is 0 Å². The second kappa shape index (κ2) is 10.1. The van der Waals surface area contributed by atoms with Crippen molar-refractivity contribution in [2.45, 2.75) is 6.92 Å². The lowest BCUT2D eigenvalue weighted by Gasteiger charge is -2.11. The summed E-state index contributed by atoms with van der Waals surface area (Å²) in [6.07, 6.45) is 0. The number of furan rings is 1. The summed E-state index contributed by atoms with van der Waals surface area (Å²) in [5.74, 6) is -0.00460. The Morgan fingerprint density at radius 1 is 0.923 bits per heavy atom. The zero-order chi connectivity index (χ0) is 27.1. The summed E-state index contributed by atoms with van der Waals surface area (Å²) in [5.41, 5.74) is 4.48. The summed E-state index contributed by atoms with van der Waals surface area (Å²) in [5, 5.41) is 18.1. The molecule has 2 heterocycles. The normalized spacial score (nSPS) is 11.2. The number of nitrogens with one attached hydrogen (secondary N) is 2. The standard InChI is InChI=1S/C29H19Cl2N5O2S/c1-16-14-22-23(35-36(34-22)24-11-4-7-17-6-2-3-8-18(17)24)15-21(16)32-29(39)33-28(37)26-13-12-25(38-26)19-9-5-10-20(30)27(19)31/h2-15H,1H3,(H2,32,33,37,39). The van der Waals surface area contributed by atoms with Gasteiger partial charge in [0.25, 0.3) is 5.91 Å². The highest BCUT2D eigenvalue weighted by Gasteiger charge is 2.17. The number of nitrogens with zero attached hydrogens (tertiary/aromatic N) is 3. The highest BCUT2D eigenvalue weighted by atomic mass is 35.5. The SMILES string of the molecule is Cc1cc2nn(-c3cccc4ccccc34)nc2cc1NC(=S)NC(=O)c1ccc(-c2cccc(Cl)c2Cl)o1. The van der Waals surface area contributed by atoms with Crippen molar-refractivity contribution in [1.82, 2.24) is 20.3 Å². The maximum atomic E-state index is 12.8. The maximum absolute atomic E-state index is 12.8. The van der Waals surface area contributed by atoms with Crippen LogP contribution in [-0.4, -0.2) is 26.0 Å². The molecule has 2 N–H and O–H groups in total. The number of fused-ring (bicyclic) bond motifs is 2. The summed E-state index contributed by atoms with van der Waals surface area (Å²) in [6.45, 7) is 1.93. The summed E-state index contributed by atoms with van der Waals surface area (Å²) < 4.78 is 5.71. The summed E-state index contributed by atoms with van der Waals surface area (Å²) in [7, 11) is 0. The van der Waals surface area contributed by atoms with Gasteiger partial charge in [-0.25, -0.2) is 0 Å². The predicted molar refractivity (Wildman–Crippen MR) is 159 cm³/mol. The van der Waals surface area contributed by atoms with Crippen LogP contribution in [0.4, 0.5) is 5.69 Å². The molecule has 6 rings (SSSR count). The maximum Gasteiger partial charge on any atom is 0.293 e. The number of benzene rings is 4. The van der Waals surface area contributed by atoms with Crippen LogP contribution in [-0.2, 0) is 0 Å². The molecule has 4 aromatic carbocycles. The van der Waals surface area contributed by atoms with E-state index in [1.807, 2.05) is 49.4 Å². The van der Waals surface area contributed by atoms with Crippen molar-refractivity contribution in [3.05, 3.63) is 106 Å². The van der Waals surface area contributed by atoms with Gasteiger partial charge in [0, 0.05) is 16.6 Å². The molecule has 0 bridgehead atoms. The fraction of sp³-hybridized carbons (Fsp3) is 0.0345. The van der Waals surface area contributed by atoms with Gasteiger partial charge in [0.15, 0.2) is 10.9 Å². The molecule has 0 radical (unpaired) electrons. The van der Waals surface area contributed by atoms with Crippen LogP contribution in [0, 0.1) is 6.92 Å². The number of hydrogen-bond donors (Lipinski definition) is 2. The van der Waals surface area contributed by atoms with Crippen LogP contribution in [0.25, 0.3) is 38.8 Å². The Kier molecular flexibility index (Phi) is 6.52. The Morgan fingerprint density at radius 3 is 2.51 bits per heavy atom. The smallest absolute Gasteiger partial charge is 0.293 e. The van der Waals surface area contributed by atoms with Crippen LogP contribution in [0.15, 0.2) is 89.3 Å². The number of carbonyl (C=O) groups is 1. The molecule has 0 aliphatic heterocycles. The first-order valence-electron chi connectivity index (χ1n) is 11.9. The molecule has 0 saturated heterocycles. The third kappa shape index (κ3) is 4.85. The average Bonchev–Trinajstić information content (AvgIpc) is 3.58. The Bertz CT molecular complexity index is 1910.